The molecule has 2 aliphatic carbocycles. The van der Waals surface area contributed by atoms with Crippen molar-refractivity contribution in [2.45, 2.75) is 70.1 Å². The van der Waals surface area contributed by atoms with Gasteiger partial charge in [0.1, 0.15) is 0 Å². The number of carbonyl (C=O) groups excluding carboxylic acids is 1. The van der Waals surface area contributed by atoms with Crippen LogP contribution in [0.3, 0.4) is 0 Å². The van der Waals surface area contributed by atoms with Gasteiger partial charge in [0.25, 0.3) is 5.91 Å². The summed E-state index contributed by atoms with van der Waals surface area (Å²) >= 11 is 0. The molecule has 2 atom stereocenters. The fourth-order valence-corrected chi connectivity index (χ4v) is 5.21. The van der Waals surface area contributed by atoms with Crippen LogP contribution in [0.2, 0.25) is 0 Å². The lowest BCUT2D eigenvalue weighted by molar-refractivity contribution is -0.133. The Balaban J connectivity index is 1.30. The number of piperidine rings is 1. The molecule has 1 aromatic heterocycles. The van der Waals surface area contributed by atoms with Crippen molar-refractivity contribution < 1.29 is 13.9 Å². The molecule has 3 fully saturated rings. The van der Waals surface area contributed by atoms with Crippen LogP contribution in [0, 0.1) is 5.41 Å². The van der Waals surface area contributed by atoms with E-state index in [0.717, 1.165) is 39.0 Å². The fourth-order valence-electron chi connectivity index (χ4n) is 5.21. The largest absolute Gasteiger partial charge is 0.459 e. The second-order valence-corrected chi connectivity index (χ2v) is 7.88. The predicted octanol–water partition coefficient (Wildman–Crippen LogP) is 3.21. The average Bonchev–Trinajstić information content (AvgIpc) is 3.33. The van der Waals surface area contributed by atoms with Gasteiger partial charge in [0.2, 0.25) is 0 Å². The van der Waals surface area contributed by atoms with Crippen molar-refractivity contribution in [3.8, 4) is 0 Å². The number of hydrogen-bond donors (Lipinski definition) is 1. The summed E-state index contributed by atoms with van der Waals surface area (Å²) in [4.78, 5) is 14.3. The lowest BCUT2D eigenvalue weighted by atomic mass is 9.60. The van der Waals surface area contributed by atoms with Gasteiger partial charge in [0.15, 0.2) is 5.76 Å². The van der Waals surface area contributed by atoms with E-state index in [1.807, 2.05) is 4.90 Å². The average molecular weight is 346 g/mol. The van der Waals surface area contributed by atoms with E-state index in [2.05, 4.69) is 12.2 Å². The van der Waals surface area contributed by atoms with E-state index in [4.69, 9.17) is 9.15 Å². The Bertz CT molecular complexity index is 572. The first-order valence-corrected chi connectivity index (χ1v) is 9.93. The van der Waals surface area contributed by atoms with Crippen LogP contribution in [0.1, 0.15) is 62.4 Å². The van der Waals surface area contributed by atoms with Gasteiger partial charge in [0.05, 0.1) is 12.4 Å². The third kappa shape index (κ3) is 3.13. The molecule has 1 amide bonds. The molecule has 138 valence electrons. The highest BCUT2D eigenvalue weighted by Crippen LogP contribution is 2.55. The van der Waals surface area contributed by atoms with Crippen molar-refractivity contribution in [2.75, 3.05) is 19.7 Å². The number of nitrogens with zero attached hydrogens (tertiary/aromatic N) is 1. The van der Waals surface area contributed by atoms with Crippen molar-refractivity contribution in [1.82, 2.24) is 10.2 Å². The lowest BCUT2D eigenvalue weighted by Gasteiger charge is -2.55. The third-order valence-corrected chi connectivity index (χ3v) is 6.64. The number of amides is 1. The van der Waals surface area contributed by atoms with Gasteiger partial charge in [-0.1, -0.05) is 12.8 Å². The van der Waals surface area contributed by atoms with Crippen LogP contribution in [0.15, 0.2) is 22.8 Å². The van der Waals surface area contributed by atoms with Crippen LogP contribution < -0.4 is 5.32 Å². The normalized spacial score (nSPS) is 29.1. The molecule has 0 aromatic carbocycles. The van der Waals surface area contributed by atoms with E-state index >= 15 is 0 Å². The zero-order chi connectivity index (χ0) is 17.3. The maximum Gasteiger partial charge on any atom is 0.289 e. The van der Waals surface area contributed by atoms with Crippen molar-refractivity contribution in [3.05, 3.63) is 24.2 Å². The summed E-state index contributed by atoms with van der Waals surface area (Å²) in [6.07, 6.45) is 10.5. The molecular weight excluding hydrogens is 316 g/mol. The summed E-state index contributed by atoms with van der Waals surface area (Å²) in [5, 5.41) is 3.93. The van der Waals surface area contributed by atoms with E-state index < -0.39 is 0 Å². The van der Waals surface area contributed by atoms with Crippen LogP contribution in [0.25, 0.3) is 0 Å². The number of nitrogens with one attached hydrogen (secondary N) is 1. The lowest BCUT2D eigenvalue weighted by Crippen LogP contribution is -2.65. The minimum absolute atomic E-state index is 0.0239. The van der Waals surface area contributed by atoms with Gasteiger partial charge < -0.3 is 19.4 Å². The first kappa shape index (κ1) is 17.1. The monoisotopic (exact) mass is 346 g/mol. The fraction of sp³-hybridized carbons (Fsp3) is 0.750. The molecule has 1 saturated heterocycles. The molecule has 0 unspecified atom stereocenters. The second-order valence-electron chi connectivity index (χ2n) is 7.88. The first-order chi connectivity index (χ1) is 12.2. The van der Waals surface area contributed by atoms with Crippen LogP contribution in [0.5, 0.6) is 0 Å². The summed E-state index contributed by atoms with van der Waals surface area (Å²) in [6.45, 7) is 4.55. The number of hydrogen-bond acceptors (Lipinski definition) is 4. The van der Waals surface area contributed by atoms with Gasteiger partial charge in [-0.3, -0.25) is 4.79 Å². The minimum Gasteiger partial charge on any atom is -0.459 e. The molecule has 5 heteroatoms. The smallest absolute Gasteiger partial charge is 0.289 e. The summed E-state index contributed by atoms with van der Waals surface area (Å²) < 4.78 is 11.3. The van der Waals surface area contributed by atoms with Crippen LogP contribution in [-0.2, 0) is 4.74 Å². The van der Waals surface area contributed by atoms with E-state index in [1.165, 1.54) is 25.7 Å². The van der Waals surface area contributed by atoms with Crippen molar-refractivity contribution >= 4 is 5.91 Å². The summed E-state index contributed by atoms with van der Waals surface area (Å²) in [5.74, 6) is 0.477. The molecule has 25 heavy (non-hydrogen) atoms. The van der Waals surface area contributed by atoms with Gasteiger partial charge >= 0.3 is 0 Å². The molecule has 1 N–H and O–H groups in total. The zero-order valence-corrected chi connectivity index (χ0v) is 15.2. The van der Waals surface area contributed by atoms with Gasteiger partial charge in [0, 0.05) is 37.2 Å². The highest BCUT2D eigenvalue weighted by atomic mass is 16.5. The quantitative estimate of drug-likeness (QED) is 0.889. The standard InChI is InChI=1S/C20H30N2O3/c1-2-24-18-14-17(20(18)9-3-4-10-20)21-15-7-11-22(12-8-15)19(23)16-6-5-13-25-16/h5-6,13,15,17-18,21H,2-4,7-12,14H2,1H3/t17-,18+/m0/s1. The van der Waals surface area contributed by atoms with Crippen molar-refractivity contribution in [2.24, 2.45) is 5.41 Å². The molecule has 2 heterocycles. The molecule has 1 aromatic rings. The summed E-state index contributed by atoms with van der Waals surface area (Å²) in [5.41, 5.74) is 0.386. The van der Waals surface area contributed by atoms with E-state index in [0.29, 0.717) is 29.4 Å². The highest BCUT2D eigenvalue weighted by molar-refractivity contribution is 5.91. The SMILES string of the molecule is CCO[C@@H]1C[C@H](NC2CCN(C(=O)c3ccco3)CC2)C12CCCC2. The maximum absolute atomic E-state index is 12.4. The molecule has 0 radical (unpaired) electrons. The Morgan fingerprint density at radius 1 is 1.36 bits per heavy atom. The first-order valence-electron chi connectivity index (χ1n) is 9.93. The zero-order valence-electron chi connectivity index (χ0n) is 15.2. The number of furan rings is 1. The molecule has 2 saturated carbocycles. The van der Waals surface area contributed by atoms with Gasteiger partial charge in [-0.2, -0.15) is 0 Å². The van der Waals surface area contributed by atoms with Gasteiger partial charge in [-0.05, 0) is 51.2 Å². The van der Waals surface area contributed by atoms with E-state index in [1.54, 1.807) is 18.4 Å². The van der Waals surface area contributed by atoms with E-state index in [9.17, 15) is 4.79 Å². The third-order valence-electron chi connectivity index (χ3n) is 6.64. The molecule has 5 nitrogen and oxygen atoms in total. The number of rotatable bonds is 5. The molecule has 1 spiro atoms. The second kappa shape index (κ2) is 7.12. The number of likely N-dealkylation sites (tertiary alicyclic amines) is 1. The Morgan fingerprint density at radius 3 is 2.76 bits per heavy atom. The number of carbonyl (C=O) groups is 1. The topological polar surface area (TPSA) is 54.7 Å². The molecule has 0 bridgehead atoms. The summed E-state index contributed by atoms with van der Waals surface area (Å²) in [6, 6.07) is 4.64. The Morgan fingerprint density at radius 2 is 2.12 bits per heavy atom. The molecule has 1 aliphatic heterocycles. The Labute approximate surface area is 150 Å². The summed E-state index contributed by atoms with van der Waals surface area (Å²) in [7, 11) is 0. The van der Waals surface area contributed by atoms with Crippen LogP contribution >= 0.6 is 0 Å². The predicted molar refractivity (Wildman–Crippen MR) is 95.5 cm³/mol. The maximum atomic E-state index is 12.4. The molecular formula is C20H30N2O3. The van der Waals surface area contributed by atoms with Crippen molar-refractivity contribution in [3.63, 3.8) is 0 Å². The Hall–Kier alpha value is -1.33. The van der Waals surface area contributed by atoms with Crippen LogP contribution in [-0.4, -0.2) is 48.7 Å². The number of ether oxygens (including phenoxy) is 1. The highest BCUT2D eigenvalue weighted by Gasteiger charge is 2.56. The Kier molecular flexibility index (Phi) is 4.87. The van der Waals surface area contributed by atoms with Crippen molar-refractivity contribution in [1.29, 1.82) is 0 Å². The molecule has 3 aliphatic rings. The van der Waals surface area contributed by atoms with Gasteiger partial charge in [-0.15, -0.1) is 0 Å². The van der Waals surface area contributed by atoms with Gasteiger partial charge in [-0.25, -0.2) is 0 Å². The minimum atomic E-state index is 0.0239. The van der Waals surface area contributed by atoms with E-state index in [-0.39, 0.29) is 5.91 Å². The van der Waals surface area contributed by atoms with Crippen LogP contribution in [0.4, 0.5) is 0 Å². The molecule has 4 rings (SSSR count).